The van der Waals surface area contributed by atoms with Crippen LogP contribution in [0.15, 0.2) is 53.4 Å². The summed E-state index contributed by atoms with van der Waals surface area (Å²) < 4.78 is 67.9. The Morgan fingerprint density at radius 2 is 1.72 bits per heavy atom. The van der Waals surface area contributed by atoms with Gasteiger partial charge in [-0.3, -0.25) is 4.79 Å². The molecule has 13 heteroatoms. The molecule has 29 heavy (non-hydrogen) atoms. The zero-order valence-corrected chi connectivity index (χ0v) is 15.8. The van der Waals surface area contributed by atoms with Gasteiger partial charge in [0.2, 0.25) is 10.0 Å². The van der Waals surface area contributed by atoms with Crippen LogP contribution < -0.4 is 20.7 Å². The average molecular weight is 449 g/mol. The highest BCUT2D eigenvalue weighted by molar-refractivity contribution is 7.89. The van der Waals surface area contributed by atoms with Crippen LogP contribution in [0.2, 0.25) is 5.02 Å². The lowest BCUT2D eigenvalue weighted by Crippen LogP contribution is -2.69. The van der Waals surface area contributed by atoms with Crippen LogP contribution in [0, 0.1) is 0 Å². The molecule has 0 radical (unpaired) electrons. The molecule has 1 saturated heterocycles. The second-order valence-corrected chi connectivity index (χ2v) is 8.09. The van der Waals surface area contributed by atoms with Crippen LogP contribution in [0.3, 0.4) is 0 Å². The molecule has 1 aliphatic heterocycles. The number of halogens is 4. The van der Waals surface area contributed by atoms with Crippen molar-refractivity contribution in [3.05, 3.63) is 53.6 Å². The fourth-order valence-corrected chi connectivity index (χ4v) is 4.06. The van der Waals surface area contributed by atoms with Gasteiger partial charge >= 0.3 is 12.2 Å². The predicted molar refractivity (Wildman–Crippen MR) is 97.4 cm³/mol. The Morgan fingerprint density at radius 3 is 2.28 bits per heavy atom. The summed E-state index contributed by atoms with van der Waals surface area (Å²) in [6.45, 7) is 0. The van der Waals surface area contributed by atoms with Gasteiger partial charge in [-0.1, -0.05) is 17.7 Å². The second kappa shape index (κ2) is 6.90. The molecule has 1 aliphatic rings. The number of amides is 3. The maximum Gasteiger partial charge on any atom is 0.435 e. The molecule has 0 saturated carbocycles. The number of nitrogens with one attached hydrogen (secondary N) is 2. The molecule has 154 valence electrons. The molecule has 0 bridgehead atoms. The lowest BCUT2D eigenvalue weighted by atomic mass is 10.1. The molecule has 0 aromatic heterocycles. The van der Waals surface area contributed by atoms with Gasteiger partial charge < -0.3 is 11.1 Å². The van der Waals surface area contributed by atoms with Crippen LogP contribution in [-0.2, 0) is 14.8 Å². The smallest absolute Gasteiger partial charge is 0.399 e. The molecular formula is C16H12ClF3N4O4S. The molecule has 1 atom stereocenters. The number of carbonyl (C=O) groups is 2. The van der Waals surface area contributed by atoms with E-state index in [1.54, 1.807) is 0 Å². The van der Waals surface area contributed by atoms with Crippen molar-refractivity contribution >= 4 is 44.9 Å². The lowest BCUT2D eigenvalue weighted by molar-refractivity contribution is -0.194. The number of carbonyl (C=O) groups excluding carboxylic acids is 2. The standard InChI is InChI=1S/C16H12ClF3N4O4S/c17-9-2-1-3-11(8-9)24-13(25)15(16(18,19)20,22-14(24)26)23-29(27,28)12-6-4-10(21)5-7-12/h1-8,23H,21H2,(H,22,26)/t15-/m0/s1. The van der Waals surface area contributed by atoms with E-state index in [1.165, 1.54) is 28.2 Å². The molecule has 0 aliphatic carbocycles. The Hall–Kier alpha value is -2.83. The maximum atomic E-state index is 13.9. The molecule has 1 heterocycles. The summed E-state index contributed by atoms with van der Waals surface area (Å²) in [5, 5.41) is 1.47. The van der Waals surface area contributed by atoms with E-state index < -0.39 is 38.7 Å². The number of benzene rings is 2. The Morgan fingerprint density at radius 1 is 1.10 bits per heavy atom. The van der Waals surface area contributed by atoms with Crippen LogP contribution in [0.25, 0.3) is 0 Å². The summed E-state index contributed by atoms with van der Waals surface area (Å²) in [5.41, 5.74) is 1.44. The first-order chi connectivity index (χ1) is 13.4. The van der Waals surface area contributed by atoms with Gasteiger partial charge in [0.25, 0.3) is 11.6 Å². The van der Waals surface area contributed by atoms with E-state index in [1.807, 2.05) is 0 Å². The zero-order valence-electron chi connectivity index (χ0n) is 14.2. The van der Waals surface area contributed by atoms with Crippen LogP contribution in [-0.4, -0.2) is 32.2 Å². The number of imide groups is 1. The van der Waals surface area contributed by atoms with Crippen molar-refractivity contribution in [3.63, 3.8) is 0 Å². The Balaban J connectivity index is 2.08. The number of alkyl halides is 3. The first kappa shape index (κ1) is 20.9. The molecule has 2 aromatic rings. The fraction of sp³-hybridized carbons (Fsp3) is 0.125. The first-order valence-electron chi connectivity index (χ1n) is 7.76. The average Bonchev–Trinajstić information content (AvgIpc) is 2.85. The van der Waals surface area contributed by atoms with Crippen molar-refractivity contribution in [2.45, 2.75) is 16.7 Å². The van der Waals surface area contributed by atoms with Gasteiger partial charge in [0, 0.05) is 10.7 Å². The molecule has 3 rings (SSSR count). The van der Waals surface area contributed by atoms with Gasteiger partial charge in [-0.25, -0.2) is 18.1 Å². The highest BCUT2D eigenvalue weighted by atomic mass is 35.5. The van der Waals surface area contributed by atoms with Crippen molar-refractivity contribution in [3.8, 4) is 0 Å². The third-order valence-corrected chi connectivity index (χ3v) is 5.69. The highest BCUT2D eigenvalue weighted by Crippen LogP contribution is 2.37. The summed E-state index contributed by atoms with van der Waals surface area (Å²) in [6.07, 6.45) is -5.51. The van der Waals surface area contributed by atoms with Gasteiger partial charge in [-0.15, -0.1) is 0 Å². The maximum absolute atomic E-state index is 13.9. The number of nitrogens with zero attached hydrogens (tertiary/aromatic N) is 1. The molecule has 8 nitrogen and oxygen atoms in total. The number of hydrogen-bond donors (Lipinski definition) is 3. The number of urea groups is 1. The van der Waals surface area contributed by atoms with Crippen LogP contribution in [0.5, 0.6) is 0 Å². The Kier molecular flexibility index (Phi) is 4.97. The van der Waals surface area contributed by atoms with Crippen LogP contribution >= 0.6 is 11.6 Å². The third-order valence-electron chi connectivity index (χ3n) is 3.99. The van der Waals surface area contributed by atoms with Crippen molar-refractivity contribution < 1.29 is 31.2 Å². The monoisotopic (exact) mass is 448 g/mol. The normalized spacial score (nSPS) is 20.1. The van der Waals surface area contributed by atoms with Crippen molar-refractivity contribution in [2.24, 2.45) is 0 Å². The van der Waals surface area contributed by atoms with Gasteiger partial charge in [-0.2, -0.15) is 17.9 Å². The number of nitrogen functional groups attached to an aromatic ring is 1. The third kappa shape index (κ3) is 3.61. The van der Waals surface area contributed by atoms with E-state index in [0.29, 0.717) is 0 Å². The number of nitrogens with two attached hydrogens (primary N) is 1. The molecule has 2 aromatic carbocycles. The van der Waals surface area contributed by atoms with Gasteiger partial charge in [0.05, 0.1) is 10.6 Å². The van der Waals surface area contributed by atoms with Crippen molar-refractivity contribution in [1.82, 2.24) is 10.0 Å². The summed E-state index contributed by atoms with van der Waals surface area (Å²) in [5.74, 6) is -1.88. The SMILES string of the molecule is Nc1ccc(S(=O)(=O)N[C@@]2(C(F)(F)F)NC(=O)N(c3cccc(Cl)c3)C2=O)cc1. The van der Waals surface area contributed by atoms with Gasteiger partial charge in [0.15, 0.2) is 0 Å². The molecule has 0 spiro atoms. The predicted octanol–water partition coefficient (Wildman–Crippen LogP) is 2.22. The number of rotatable bonds is 4. The second-order valence-electron chi connectivity index (χ2n) is 5.97. The van der Waals surface area contributed by atoms with Gasteiger partial charge in [-0.05, 0) is 42.5 Å². The van der Waals surface area contributed by atoms with Crippen LogP contribution in [0.1, 0.15) is 0 Å². The Bertz CT molecular complexity index is 1090. The van der Waals surface area contributed by atoms with E-state index in [4.69, 9.17) is 17.3 Å². The summed E-state index contributed by atoms with van der Waals surface area (Å²) in [4.78, 5) is 24.5. The van der Waals surface area contributed by atoms with E-state index in [2.05, 4.69) is 0 Å². The van der Waals surface area contributed by atoms with E-state index >= 15 is 0 Å². The van der Waals surface area contributed by atoms with Gasteiger partial charge in [0.1, 0.15) is 0 Å². The molecule has 1 fully saturated rings. The molecule has 0 unspecified atom stereocenters. The van der Waals surface area contributed by atoms with Crippen LogP contribution in [0.4, 0.5) is 29.3 Å². The fourth-order valence-electron chi connectivity index (χ4n) is 2.61. The quantitative estimate of drug-likeness (QED) is 0.489. The Labute approximate surface area is 167 Å². The van der Waals surface area contributed by atoms with E-state index in [0.717, 1.165) is 30.3 Å². The minimum atomic E-state index is -5.51. The minimum absolute atomic E-state index is 0.0510. The highest BCUT2D eigenvalue weighted by Gasteiger charge is 2.69. The zero-order chi connectivity index (χ0) is 21.6. The minimum Gasteiger partial charge on any atom is -0.399 e. The van der Waals surface area contributed by atoms with Crippen molar-refractivity contribution in [1.29, 1.82) is 0 Å². The van der Waals surface area contributed by atoms with E-state index in [-0.39, 0.29) is 21.3 Å². The number of anilines is 2. The summed E-state index contributed by atoms with van der Waals surface area (Å²) >= 11 is 5.77. The molecule has 3 amide bonds. The summed E-state index contributed by atoms with van der Waals surface area (Å²) in [6, 6.07) is 7.69. The number of sulfonamides is 1. The molecule has 4 N–H and O–H groups in total. The summed E-state index contributed by atoms with van der Waals surface area (Å²) in [7, 11) is -4.89. The van der Waals surface area contributed by atoms with Crippen molar-refractivity contribution in [2.75, 3.05) is 10.6 Å². The largest absolute Gasteiger partial charge is 0.435 e. The van der Waals surface area contributed by atoms with E-state index in [9.17, 15) is 31.2 Å². The topological polar surface area (TPSA) is 122 Å². The lowest BCUT2D eigenvalue weighted by Gasteiger charge is -2.29. The molecular weight excluding hydrogens is 437 g/mol. The first-order valence-corrected chi connectivity index (χ1v) is 9.62. The number of hydrogen-bond acceptors (Lipinski definition) is 5.